The molecular formula is C8H7BrClN3. The molecule has 0 aliphatic rings. The van der Waals surface area contributed by atoms with Crippen LogP contribution in [-0.2, 0) is 0 Å². The van der Waals surface area contributed by atoms with Crippen LogP contribution in [0.25, 0.3) is 5.65 Å². The van der Waals surface area contributed by atoms with Gasteiger partial charge >= 0.3 is 0 Å². The molecular weight excluding hydrogens is 253 g/mol. The number of pyridine rings is 1. The van der Waals surface area contributed by atoms with Gasteiger partial charge in [-0.1, -0.05) is 11.6 Å². The molecule has 0 aromatic carbocycles. The molecule has 0 amide bonds. The van der Waals surface area contributed by atoms with E-state index in [0.717, 1.165) is 15.9 Å². The Morgan fingerprint density at radius 2 is 2.15 bits per heavy atom. The van der Waals surface area contributed by atoms with E-state index in [1.807, 2.05) is 20.0 Å². The maximum absolute atomic E-state index is 6.09. The first kappa shape index (κ1) is 8.97. The van der Waals surface area contributed by atoms with Gasteiger partial charge in [0.2, 0.25) is 0 Å². The first-order valence-corrected chi connectivity index (χ1v) is 4.94. The van der Waals surface area contributed by atoms with Crippen LogP contribution in [0.4, 0.5) is 0 Å². The average Bonchev–Trinajstić information content (AvgIpc) is 2.42. The second-order valence-electron chi connectivity index (χ2n) is 2.84. The van der Waals surface area contributed by atoms with Gasteiger partial charge in [0.15, 0.2) is 5.65 Å². The Bertz CT molecular complexity index is 478. The molecule has 0 unspecified atom stereocenters. The summed E-state index contributed by atoms with van der Waals surface area (Å²) in [6, 6.07) is 0. The number of aryl methyl sites for hydroxylation is 1. The molecule has 0 aliphatic carbocycles. The lowest BCUT2D eigenvalue weighted by molar-refractivity contribution is 0.924. The Morgan fingerprint density at radius 1 is 1.46 bits per heavy atom. The van der Waals surface area contributed by atoms with E-state index in [-0.39, 0.29) is 0 Å². The van der Waals surface area contributed by atoms with Crippen molar-refractivity contribution in [2.45, 2.75) is 13.8 Å². The van der Waals surface area contributed by atoms with Crippen LogP contribution in [0.1, 0.15) is 11.4 Å². The van der Waals surface area contributed by atoms with Crippen LogP contribution in [-0.4, -0.2) is 14.6 Å². The lowest BCUT2D eigenvalue weighted by Crippen LogP contribution is -1.91. The molecule has 2 rings (SSSR count). The molecule has 0 bridgehead atoms. The van der Waals surface area contributed by atoms with Gasteiger partial charge in [-0.25, -0.2) is 9.50 Å². The fourth-order valence-electron chi connectivity index (χ4n) is 1.15. The van der Waals surface area contributed by atoms with Crippen LogP contribution < -0.4 is 0 Å². The van der Waals surface area contributed by atoms with Gasteiger partial charge in [0.05, 0.1) is 5.02 Å². The summed E-state index contributed by atoms with van der Waals surface area (Å²) < 4.78 is 2.62. The van der Waals surface area contributed by atoms with Gasteiger partial charge in [0.1, 0.15) is 5.82 Å². The van der Waals surface area contributed by atoms with Gasteiger partial charge in [-0.3, -0.25) is 0 Å². The third-order valence-corrected chi connectivity index (χ3v) is 3.11. The number of aromatic nitrogens is 3. The first-order chi connectivity index (χ1) is 6.09. The highest BCUT2D eigenvalue weighted by Crippen LogP contribution is 2.26. The largest absolute Gasteiger partial charge is 0.218 e. The minimum atomic E-state index is 0.648. The summed E-state index contributed by atoms with van der Waals surface area (Å²) >= 11 is 9.49. The number of hydrogen-bond donors (Lipinski definition) is 0. The standard InChI is InChI=1S/C8H7BrClN3/c1-4-6(9)3-13-8(7(4)10)11-5(2)12-13/h3H,1-2H3. The normalized spacial score (nSPS) is 11.1. The number of rotatable bonds is 0. The van der Waals surface area contributed by atoms with E-state index in [2.05, 4.69) is 26.0 Å². The summed E-state index contributed by atoms with van der Waals surface area (Å²) in [6.45, 7) is 3.78. The number of fused-ring (bicyclic) bond motifs is 1. The predicted octanol–water partition coefficient (Wildman–Crippen LogP) is 2.76. The van der Waals surface area contributed by atoms with Gasteiger partial charge in [-0.2, -0.15) is 5.10 Å². The summed E-state index contributed by atoms with van der Waals surface area (Å²) in [4.78, 5) is 4.21. The van der Waals surface area contributed by atoms with Crippen LogP contribution in [0.2, 0.25) is 5.02 Å². The third kappa shape index (κ3) is 1.34. The molecule has 2 heterocycles. The van der Waals surface area contributed by atoms with Crippen molar-refractivity contribution in [2.75, 3.05) is 0 Å². The van der Waals surface area contributed by atoms with E-state index in [1.54, 1.807) is 4.52 Å². The van der Waals surface area contributed by atoms with E-state index in [4.69, 9.17) is 11.6 Å². The van der Waals surface area contributed by atoms with Crippen LogP contribution in [0, 0.1) is 13.8 Å². The molecule has 0 spiro atoms. The van der Waals surface area contributed by atoms with E-state index >= 15 is 0 Å². The van der Waals surface area contributed by atoms with Gasteiger partial charge in [0, 0.05) is 10.7 Å². The fraction of sp³-hybridized carbons (Fsp3) is 0.250. The highest BCUT2D eigenvalue weighted by molar-refractivity contribution is 9.10. The smallest absolute Gasteiger partial charge is 0.174 e. The molecule has 2 aromatic heterocycles. The Balaban J connectivity index is 2.92. The van der Waals surface area contributed by atoms with Crippen molar-refractivity contribution >= 4 is 33.2 Å². The molecule has 0 saturated heterocycles. The monoisotopic (exact) mass is 259 g/mol. The molecule has 3 nitrogen and oxygen atoms in total. The zero-order chi connectivity index (χ0) is 9.59. The summed E-state index contributed by atoms with van der Waals surface area (Å²) in [5, 5.41) is 4.82. The molecule has 13 heavy (non-hydrogen) atoms. The average molecular weight is 261 g/mol. The van der Waals surface area contributed by atoms with E-state index < -0.39 is 0 Å². The molecule has 0 fully saturated rings. The lowest BCUT2D eigenvalue weighted by Gasteiger charge is -2.01. The molecule has 2 aromatic rings. The van der Waals surface area contributed by atoms with Crippen molar-refractivity contribution in [3.05, 3.63) is 27.1 Å². The topological polar surface area (TPSA) is 30.2 Å². The molecule has 0 saturated carbocycles. The highest BCUT2D eigenvalue weighted by Gasteiger charge is 2.09. The summed E-state index contributed by atoms with van der Waals surface area (Å²) in [7, 11) is 0. The second kappa shape index (κ2) is 2.96. The Kier molecular flexibility index (Phi) is 2.04. The number of halogens is 2. The first-order valence-electron chi connectivity index (χ1n) is 3.77. The van der Waals surface area contributed by atoms with Gasteiger partial charge in [-0.05, 0) is 35.3 Å². The second-order valence-corrected chi connectivity index (χ2v) is 4.08. The van der Waals surface area contributed by atoms with E-state index in [0.29, 0.717) is 10.7 Å². The summed E-state index contributed by atoms with van der Waals surface area (Å²) in [6.07, 6.45) is 1.86. The molecule has 0 N–H and O–H groups in total. The molecule has 68 valence electrons. The van der Waals surface area contributed by atoms with Crippen molar-refractivity contribution in [3.63, 3.8) is 0 Å². The SMILES string of the molecule is Cc1nc2c(Cl)c(C)c(Br)cn2n1. The molecule has 0 atom stereocenters. The van der Waals surface area contributed by atoms with Crippen LogP contribution >= 0.6 is 27.5 Å². The van der Waals surface area contributed by atoms with Crippen molar-refractivity contribution < 1.29 is 0 Å². The molecule has 0 aliphatic heterocycles. The van der Waals surface area contributed by atoms with Crippen LogP contribution in [0.15, 0.2) is 10.7 Å². The lowest BCUT2D eigenvalue weighted by atomic mass is 10.3. The Morgan fingerprint density at radius 3 is 2.85 bits per heavy atom. The summed E-state index contributed by atoms with van der Waals surface area (Å²) in [5.74, 6) is 0.722. The van der Waals surface area contributed by atoms with Crippen LogP contribution in [0.3, 0.4) is 0 Å². The van der Waals surface area contributed by atoms with Gasteiger partial charge in [0.25, 0.3) is 0 Å². The fourth-order valence-corrected chi connectivity index (χ4v) is 1.88. The number of hydrogen-bond acceptors (Lipinski definition) is 2. The third-order valence-electron chi connectivity index (χ3n) is 1.86. The predicted molar refractivity (Wildman–Crippen MR) is 55.2 cm³/mol. The van der Waals surface area contributed by atoms with Crippen molar-refractivity contribution in [3.8, 4) is 0 Å². The number of nitrogens with zero attached hydrogens (tertiary/aromatic N) is 3. The van der Waals surface area contributed by atoms with Gasteiger partial charge < -0.3 is 0 Å². The zero-order valence-electron chi connectivity index (χ0n) is 7.17. The van der Waals surface area contributed by atoms with E-state index in [1.165, 1.54) is 0 Å². The van der Waals surface area contributed by atoms with Crippen molar-refractivity contribution in [2.24, 2.45) is 0 Å². The summed E-state index contributed by atoms with van der Waals surface area (Å²) in [5.41, 5.74) is 1.70. The highest BCUT2D eigenvalue weighted by atomic mass is 79.9. The molecule has 5 heteroatoms. The van der Waals surface area contributed by atoms with Gasteiger partial charge in [-0.15, -0.1) is 0 Å². The maximum Gasteiger partial charge on any atom is 0.174 e. The minimum absolute atomic E-state index is 0.648. The Hall–Kier alpha value is -0.610. The van der Waals surface area contributed by atoms with Crippen LogP contribution in [0.5, 0.6) is 0 Å². The van der Waals surface area contributed by atoms with E-state index in [9.17, 15) is 0 Å². The quantitative estimate of drug-likeness (QED) is 0.729. The zero-order valence-corrected chi connectivity index (χ0v) is 9.52. The minimum Gasteiger partial charge on any atom is -0.218 e. The van der Waals surface area contributed by atoms with Crippen molar-refractivity contribution in [1.29, 1.82) is 0 Å². The maximum atomic E-state index is 6.09. The Labute approximate surface area is 88.9 Å². The van der Waals surface area contributed by atoms with Crippen molar-refractivity contribution in [1.82, 2.24) is 14.6 Å². The molecule has 0 radical (unpaired) electrons.